The minimum Gasteiger partial charge on any atom is -0.462 e. The number of allylic oxidation sites excluding steroid dienone is 16. The normalized spacial score (nSPS) is 12.8. The fourth-order valence-corrected chi connectivity index (χ4v) is 7.28. The van der Waals surface area contributed by atoms with E-state index in [0.717, 1.165) is 109 Å². The van der Waals surface area contributed by atoms with Gasteiger partial charge in [-0.25, -0.2) is 0 Å². The van der Waals surface area contributed by atoms with Crippen molar-refractivity contribution in [1.29, 1.82) is 0 Å². The lowest BCUT2D eigenvalue weighted by atomic mass is 10.0. The van der Waals surface area contributed by atoms with Crippen LogP contribution in [0.25, 0.3) is 0 Å². The van der Waals surface area contributed by atoms with E-state index in [1.54, 1.807) is 0 Å². The Labute approximate surface area is 407 Å². The Bertz CT molecular complexity index is 1330. The standard InChI is InChI=1S/C60H100O6/c1-4-7-10-13-16-18-20-22-24-25-26-27-28-29-30-31-32-33-34-35-36-38-39-41-44-47-50-53-59(62)65-56-57(55-64-58(61)52-49-46-43-15-12-9-6-3)66-60(63)54-51-48-45-42-40-37-23-21-19-17-14-11-8-5-2/h7,10,16,18,22,24,26-27,29-30,32-33,35-36,39,41,57H,4-6,8-9,11-15,17,19-21,23,25,28,31,34,37-38,40,42-56H2,1-3H3/b10-7-,18-16-,24-22-,27-26-,30-29-,33-32-,36-35-,41-39-. The molecule has 1 atom stereocenters. The van der Waals surface area contributed by atoms with Crippen LogP contribution in [0.3, 0.4) is 0 Å². The quantitative estimate of drug-likeness (QED) is 0.0262. The molecule has 0 spiro atoms. The Kier molecular flexibility index (Phi) is 50.9. The largest absolute Gasteiger partial charge is 0.462 e. The lowest BCUT2D eigenvalue weighted by Gasteiger charge is -2.18. The monoisotopic (exact) mass is 917 g/mol. The van der Waals surface area contributed by atoms with Gasteiger partial charge in [0.15, 0.2) is 6.10 Å². The molecular weight excluding hydrogens is 817 g/mol. The topological polar surface area (TPSA) is 78.9 Å². The van der Waals surface area contributed by atoms with Gasteiger partial charge in [0.25, 0.3) is 0 Å². The predicted molar refractivity (Wildman–Crippen MR) is 284 cm³/mol. The van der Waals surface area contributed by atoms with Gasteiger partial charge in [0, 0.05) is 19.3 Å². The van der Waals surface area contributed by atoms with Crippen molar-refractivity contribution in [2.24, 2.45) is 0 Å². The summed E-state index contributed by atoms with van der Waals surface area (Å²) < 4.78 is 16.7. The van der Waals surface area contributed by atoms with E-state index in [4.69, 9.17) is 14.2 Å². The number of unbranched alkanes of at least 4 members (excludes halogenated alkanes) is 21. The molecule has 0 fully saturated rings. The third-order valence-electron chi connectivity index (χ3n) is 11.4. The maximum Gasteiger partial charge on any atom is 0.306 e. The Morgan fingerprint density at radius 3 is 0.924 bits per heavy atom. The molecule has 6 nitrogen and oxygen atoms in total. The number of hydrogen-bond acceptors (Lipinski definition) is 6. The van der Waals surface area contributed by atoms with Crippen LogP contribution in [0, 0.1) is 0 Å². The van der Waals surface area contributed by atoms with Crippen molar-refractivity contribution < 1.29 is 28.6 Å². The van der Waals surface area contributed by atoms with Crippen molar-refractivity contribution >= 4 is 17.9 Å². The van der Waals surface area contributed by atoms with E-state index in [1.807, 2.05) is 0 Å². The highest BCUT2D eigenvalue weighted by molar-refractivity contribution is 5.71. The van der Waals surface area contributed by atoms with E-state index in [-0.39, 0.29) is 31.1 Å². The van der Waals surface area contributed by atoms with Crippen molar-refractivity contribution in [2.75, 3.05) is 13.2 Å². The second-order valence-corrected chi connectivity index (χ2v) is 17.8. The highest BCUT2D eigenvalue weighted by atomic mass is 16.6. The predicted octanol–water partition coefficient (Wildman–Crippen LogP) is 18.1. The van der Waals surface area contributed by atoms with Crippen LogP contribution in [0.15, 0.2) is 97.2 Å². The van der Waals surface area contributed by atoms with E-state index in [1.165, 1.54) is 96.3 Å². The summed E-state index contributed by atoms with van der Waals surface area (Å²) in [7, 11) is 0. The summed E-state index contributed by atoms with van der Waals surface area (Å²) in [5.74, 6) is -0.941. The maximum atomic E-state index is 12.8. The molecular formula is C60H100O6. The summed E-state index contributed by atoms with van der Waals surface area (Å²) >= 11 is 0. The highest BCUT2D eigenvalue weighted by Crippen LogP contribution is 2.15. The molecule has 0 heterocycles. The van der Waals surface area contributed by atoms with Crippen LogP contribution in [0.2, 0.25) is 0 Å². The van der Waals surface area contributed by atoms with Gasteiger partial charge in [-0.1, -0.05) is 240 Å². The smallest absolute Gasteiger partial charge is 0.306 e. The number of esters is 3. The molecule has 66 heavy (non-hydrogen) atoms. The van der Waals surface area contributed by atoms with Gasteiger partial charge in [0.1, 0.15) is 13.2 Å². The molecule has 0 aliphatic rings. The van der Waals surface area contributed by atoms with Gasteiger partial charge in [0.05, 0.1) is 0 Å². The second-order valence-electron chi connectivity index (χ2n) is 17.8. The molecule has 0 bridgehead atoms. The molecule has 0 aromatic carbocycles. The molecule has 376 valence electrons. The van der Waals surface area contributed by atoms with Gasteiger partial charge in [-0.05, 0) is 83.5 Å². The number of ether oxygens (including phenoxy) is 3. The van der Waals surface area contributed by atoms with Crippen LogP contribution in [0.1, 0.15) is 245 Å². The van der Waals surface area contributed by atoms with E-state index in [2.05, 4.69) is 118 Å². The Balaban J connectivity index is 4.29. The Morgan fingerprint density at radius 2 is 0.591 bits per heavy atom. The van der Waals surface area contributed by atoms with Crippen LogP contribution >= 0.6 is 0 Å². The molecule has 0 radical (unpaired) electrons. The lowest BCUT2D eigenvalue weighted by molar-refractivity contribution is -0.167. The van der Waals surface area contributed by atoms with E-state index < -0.39 is 6.10 Å². The minimum absolute atomic E-state index is 0.0896. The summed E-state index contributed by atoms with van der Waals surface area (Å²) in [5, 5.41) is 0. The third kappa shape index (κ3) is 51.3. The fraction of sp³-hybridized carbons (Fsp3) is 0.683. The Hall–Kier alpha value is -3.67. The van der Waals surface area contributed by atoms with Gasteiger partial charge in [-0.2, -0.15) is 0 Å². The molecule has 0 amide bonds. The van der Waals surface area contributed by atoms with Gasteiger partial charge in [-0.3, -0.25) is 14.4 Å². The first-order valence-electron chi connectivity index (χ1n) is 27.2. The van der Waals surface area contributed by atoms with Crippen molar-refractivity contribution in [3.63, 3.8) is 0 Å². The zero-order valence-electron chi connectivity index (χ0n) is 42.9. The summed E-state index contributed by atoms with van der Waals surface area (Å²) in [6.45, 7) is 6.44. The minimum atomic E-state index is -0.790. The molecule has 0 N–H and O–H groups in total. The zero-order chi connectivity index (χ0) is 47.9. The van der Waals surface area contributed by atoms with Crippen molar-refractivity contribution in [3.05, 3.63) is 97.2 Å². The van der Waals surface area contributed by atoms with Gasteiger partial charge >= 0.3 is 17.9 Å². The van der Waals surface area contributed by atoms with Crippen LogP contribution in [-0.4, -0.2) is 37.2 Å². The molecule has 1 unspecified atom stereocenters. The lowest BCUT2D eigenvalue weighted by Crippen LogP contribution is -2.30. The van der Waals surface area contributed by atoms with Crippen LogP contribution in [-0.2, 0) is 28.6 Å². The Morgan fingerprint density at radius 1 is 0.318 bits per heavy atom. The van der Waals surface area contributed by atoms with Crippen LogP contribution in [0.5, 0.6) is 0 Å². The van der Waals surface area contributed by atoms with Gasteiger partial charge in [-0.15, -0.1) is 0 Å². The number of rotatable bonds is 48. The third-order valence-corrected chi connectivity index (χ3v) is 11.4. The molecule has 0 aromatic heterocycles. The summed E-state index contributed by atoms with van der Waals surface area (Å²) in [5.41, 5.74) is 0. The van der Waals surface area contributed by atoms with Crippen molar-refractivity contribution in [1.82, 2.24) is 0 Å². The number of carbonyl (C=O) groups is 3. The number of carbonyl (C=O) groups excluding carboxylic acids is 3. The first kappa shape index (κ1) is 62.3. The molecule has 0 saturated heterocycles. The van der Waals surface area contributed by atoms with Crippen molar-refractivity contribution in [3.8, 4) is 0 Å². The molecule has 6 heteroatoms. The average Bonchev–Trinajstić information content (AvgIpc) is 3.31. The zero-order valence-corrected chi connectivity index (χ0v) is 42.9. The van der Waals surface area contributed by atoms with Crippen LogP contribution < -0.4 is 0 Å². The molecule has 0 aromatic rings. The van der Waals surface area contributed by atoms with E-state index in [0.29, 0.717) is 19.3 Å². The molecule has 0 rings (SSSR count). The van der Waals surface area contributed by atoms with Crippen LogP contribution in [0.4, 0.5) is 0 Å². The summed E-state index contributed by atoms with van der Waals surface area (Å²) in [6.07, 6.45) is 71.3. The number of hydrogen-bond donors (Lipinski definition) is 0. The van der Waals surface area contributed by atoms with E-state index in [9.17, 15) is 14.4 Å². The summed E-state index contributed by atoms with van der Waals surface area (Å²) in [6, 6.07) is 0. The second kappa shape index (κ2) is 53.9. The van der Waals surface area contributed by atoms with Gasteiger partial charge < -0.3 is 14.2 Å². The van der Waals surface area contributed by atoms with Gasteiger partial charge in [0.2, 0.25) is 0 Å². The average molecular weight is 917 g/mol. The van der Waals surface area contributed by atoms with E-state index >= 15 is 0 Å². The molecule has 0 aliphatic heterocycles. The SMILES string of the molecule is CC/C=C\C/C=C\C/C=C\C/C=C\C/C=C\C/C=C\C/C=C\C/C=C\CCCCC(=O)OCC(COC(=O)CCCCCCCCC)OC(=O)CCCCCCCCCCCCCCCC. The fourth-order valence-electron chi connectivity index (χ4n) is 7.28. The molecule has 0 aliphatic carbocycles. The first-order chi connectivity index (χ1) is 32.5. The molecule has 0 saturated carbocycles. The highest BCUT2D eigenvalue weighted by Gasteiger charge is 2.19. The maximum absolute atomic E-state index is 12.8. The van der Waals surface area contributed by atoms with Crippen molar-refractivity contribution in [2.45, 2.75) is 252 Å². The summed E-state index contributed by atoms with van der Waals surface area (Å²) in [4.78, 5) is 37.8. The first-order valence-corrected chi connectivity index (χ1v) is 27.2.